The smallest absolute Gasteiger partial charge is 0.337 e. The molecular weight excluding hydrogens is 358 g/mol. The zero-order valence-corrected chi connectivity index (χ0v) is 15.1. The summed E-state index contributed by atoms with van der Waals surface area (Å²) in [5.74, 6) is -1.00. The molecule has 0 saturated carbocycles. The minimum absolute atomic E-state index is 0.0413. The van der Waals surface area contributed by atoms with E-state index in [1.165, 1.54) is 18.9 Å². The number of thioether (sulfide) groups is 1. The maximum Gasteiger partial charge on any atom is 0.337 e. The van der Waals surface area contributed by atoms with E-state index in [0.29, 0.717) is 42.7 Å². The number of nitrogens with one attached hydrogen (secondary N) is 1. The van der Waals surface area contributed by atoms with Crippen molar-refractivity contribution in [1.82, 2.24) is 4.90 Å². The Labute approximate surface area is 154 Å². The molecular formula is C17H19N3O5S. The maximum atomic E-state index is 12.2. The van der Waals surface area contributed by atoms with Gasteiger partial charge in [0.05, 0.1) is 25.9 Å². The number of aliphatic imine (C=N–C) groups is 1. The molecule has 3 rings (SSSR count). The molecule has 0 radical (unpaired) electrons. The normalized spacial score (nSPS) is 19.9. The van der Waals surface area contributed by atoms with Crippen LogP contribution < -0.4 is 5.32 Å². The zero-order chi connectivity index (χ0) is 18.5. The van der Waals surface area contributed by atoms with Crippen LogP contribution >= 0.6 is 11.8 Å². The second kappa shape index (κ2) is 8.33. The summed E-state index contributed by atoms with van der Waals surface area (Å²) in [6.45, 7) is 2.62. The van der Waals surface area contributed by atoms with E-state index in [9.17, 15) is 14.4 Å². The minimum atomic E-state index is -0.512. The summed E-state index contributed by atoms with van der Waals surface area (Å²) in [4.78, 5) is 41.8. The van der Waals surface area contributed by atoms with E-state index in [-0.39, 0.29) is 18.2 Å². The van der Waals surface area contributed by atoms with Crippen LogP contribution in [0.25, 0.3) is 0 Å². The number of hydrogen-bond acceptors (Lipinski definition) is 7. The molecule has 1 saturated heterocycles. The lowest BCUT2D eigenvalue weighted by Crippen LogP contribution is -2.39. The van der Waals surface area contributed by atoms with Crippen molar-refractivity contribution in [2.24, 2.45) is 4.99 Å². The SMILES string of the molecule is COC(=O)c1ccc(NC(=O)C[C@@H]2SC(N3CCOCC3)=NC2=O)cc1. The van der Waals surface area contributed by atoms with Crippen molar-refractivity contribution in [2.45, 2.75) is 11.7 Å². The van der Waals surface area contributed by atoms with Gasteiger partial charge in [-0.1, -0.05) is 11.8 Å². The van der Waals surface area contributed by atoms with Crippen LogP contribution in [0.2, 0.25) is 0 Å². The third-order valence-electron chi connectivity index (χ3n) is 3.97. The summed E-state index contributed by atoms with van der Waals surface area (Å²) in [6, 6.07) is 6.36. The number of amides is 2. The Morgan fingerprint density at radius 3 is 2.65 bits per heavy atom. The molecule has 8 nitrogen and oxygen atoms in total. The Bertz CT molecular complexity index is 728. The van der Waals surface area contributed by atoms with E-state index < -0.39 is 11.2 Å². The summed E-state index contributed by atoms with van der Waals surface area (Å²) in [5.41, 5.74) is 0.947. The fourth-order valence-electron chi connectivity index (χ4n) is 2.59. The van der Waals surface area contributed by atoms with Gasteiger partial charge in [0, 0.05) is 25.2 Å². The van der Waals surface area contributed by atoms with Gasteiger partial charge in [0.1, 0.15) is 5.25 Å². The van der Waals surface area contributed by atoms with Crippen LogP contribution in [0.3, 0.4) is 0 Å². The highest BCUT2D eigenvalue weighted by Gasteiger charge is 2.33. The molecule has 9 heteroatoms. The number of benzene rings is 1. The number of amidine groups is 1. The first-order valence-electron chi connectivity index (χ1n) is 8.17. The van der Waals surface area contributed by atoms with Crippen LogP contribution in [0.5, 0.6) is 0 Å². The summed E-state index contributed by atoms with van der Waals surface area (Å²) in [7, 11) is 1.31. The Balaban J connectivity index is 1.52. The highest BCUT2D eigenvalue weighted by Crippen LogP contribution is 2.28. The van der Waals surface area contributed by atoms with Crippen LogP contribution in [0.15, 0.2) is 29.3 Å². The Hall–Kier alpha value is -2.39. The fraction of sp³-hybridized carbons (Fsp3) is 0.412. The highest BCUT2D eigenvalue weighted by atomic mass is 32.2. The van der Waals surface area contributed by atoms with Crippen LogP contribution in [0, 0.1) is 0 Å². The predicted octanol–water partition coefficient (Wildman–Crippen LogP) is 1.13. The van der Waals surface area contributed by atoms with Crippen LogP contribution in [-0.4, -0.2) is 66.5 Å². The van der Waals surface area contributed by atoms with Gasteiger partial charge in [-0.25, -0.2) is 4.79 Å². The van der Waals surface area contributed by atoms with E-state index in [1.54, 1.807) is 24.3 Å². The predicted molar refractivity (Wildman–Crippen MR) is 97.2 cm³/mol. The van der Waals surface area contributed by atoms with Gasteiger partial charge < -0.3 is 19.7 Å². The second-order valence-corrected chi connectivity index (χ2v) is 6.93. The average molecular weight is 377 g/mol. The second-order valence-electron chi connectivity index (χ2n) is 5.76. The molecule has 2 amide bonds. The molecule has 1 N–H and O–H groups in total. The Morgan fingerprint density at radius 2 is 2.00 bits per heavy atom. The van der Waals surface area contributed by atoms with Crippen LogP contribution in [0.1, 0.15) is 16.8 Å². The average Bonchev–Trinajstić information content (AvgIpc) is 3.03. The third kappa shape index (κ3) is 4.41. The van der Waals surface area contributed by atoms with E-state index in [2.05, 4.69) is 15.0 Å². The van der Waals surface area contributed by atoms with Gasteiger partial charge in [-0.05, 0) is 24.3 Å². The Morgan fingerprint density at radius 1 is 1.31 bits per heavy atom. The lowest BCUT2D eigenvalue weighted by atomic mass is 10.2. The first-order valence-corrected chi connectivity index (χ1v) is 9.05. The number of ether oxygens (including phenoxy) is 2. The molecule has 1 fully saturated rings. The molecule has 0 aromatic heterocycles. The third-order valence-corrected chi connectivity index (χ3v) is 5.18. The Kier molecular flexibility index (Phi) is 5.89. The lowest BCUT2D eigenvalue weighted by molar-refractivity contribution is -0.121. The summed E-state index contributed by atoms with van der Waals surface area (Å²) in [6.07, 6.45) is 0.0413. The number of carbonyl (C=O) groups excluding carboxylic acids is 3. The molecule has 138 valence electrons. The van der Waals surface area contributed by atoms with Crippen LogP contribution in [0.4, 0.5) is 5.69 Å². The van der Waals surface area contributed by atoms with Gasteiger partial charge in [-0.15, -0.1) is 0 Å². The van der Waals surface area contributed by atoms with Gasteiger partial charge in [-0.3, -0.25) is 9.59 Å². The number of rotatable bonds is 4. The first kappa shape index (κ1) is 18.4. The quantitative estimate of drug-likeness (QED) is 0.786. The molecule has 0 spiro atoms. The zero-order valence-electron chi connectivity index (χ0n) is 14.3. The van der Waals surface area contributed by atoms with Crippen molar-refractivity contribution in [3.8, 4) is 0 Å². The van der Waals surface area contributed by atoms with Crippen molar-refractivity contribution in [1.29, 1.82) is 0 Å². The van der Waals surface area contributed by atoms with Gasteiger partial charge in [0.15, 0.2) is 5.17 Å². The first-order chi connectivity index (χ1) is 12.6. The molecule has 2 aliphatic rings. The topological polar surface area (TPSA) is 97.3 Å². The molecule has 0 aliphatic carbocycles. The van der Waals surface area contributed by atoms with Crippen molar-refractivity contribution < 1.29 is 23.9 Å². The number of nitrogens with zero attached hydrogens (tertiary/aromatic N) is 2. The molecule has 1 atom stereocenters. The molecule has 2 heterocycles. The standard InChI is InChI=1S/C17H19N3O5S/c1-24-16(23)11-2-4-12(5-3-11)18-14(21)10-13-15(22)19-17(26-13)20-6-8-25-9-7-20/h2-5,13H,6-10H2,1H3,(H,18,21)/t13-/m0/s1. The summed E-state index contributed by atoms with van der Waals surface area (Å²) >= 11 is 1.32. The number of anilines is 1. The van der Waals surface area contributed by atoms with Gasteiger partial charge >= 0.3 is 5.97 Å². The van der Waals surface area contributed by atoms with E-state index >= 15 is 0 Å². The monoisotopic (exact) mass is 377 g/mol. The molecule has 2 aliphatic heterocycles. The van der Waals surface area contributed by atoms with Crippen molar-refractivity contribution in [3.63, 3.8) is 0 Å². The molecule has 0 bridgehead atoms. The minimum Gasteiger partial charge on any atom is -0.465 e. The summed E-state index contributed by atoms with van der Waals surface area (Å²) in [5, 5.41) is 2.88. The number of hydrogen-bond donors (Lipinski definition) is 1. The van der Waals surface area contributed by atoms with Gasteiger partial charge in [0.25, 0.3) is 5.91 Å². The largest absolute Gasteiger partial charge is 0.465 e. The molecule has 1 aromatic carbocycles. The van der Waals surface area contributed by atoms with Crippen molar-refractivity contribution in [2.75, 3.05) is 38.7 Å². The highest BCUT2D eigenvalue weighted by molar-refractivity contribution is 8.15. The van der Waals surface area contributed by atoms with Crippen molar-refractivity contribution >= 4 is 40.4 Å². The number of esters is 1. The van der Waals surface area contributed by atoms with E-state index in [4.69, 9.17) is 4.74 Å². The molecule has 26 heavy (non-hydrogen) atoms. The number of methoxy groups -OCH3 is 1. The molecule has 1 aromatic rings. The van der Waals surface area contributed by atoms with E-state index in [0.717, 1.165) is 0 Å². The maximum absolute atomic E-state index is 12.2. The fourth-order valence-corrected chi connectivity index (χ4v) is 3.70. The van der Waals surface area contributed by atoms with Crippen molar-refractivity contribution in [3.05, 3.63) is 29.8 Å². The number of morpholine rings is 1. The van der Waals surface area contributed by atoms with E-state index in [1.807, 2.05) is 4.90 Å². The van der Waals surface area contributed by atoms with Gasteiger partial charge in [0.2, 0.25) is 5.91 Å². The number of carbonyl (C=O) groups is 3. The lowest BCUT2D eigenvalue weighted by Gasteiger charge is -2.27. The van der Waals surface area contributed by atoms with Crippen LogP contribution in [-0.2, 0) is 19.1 Å². The van der Waals surface area contributed by atoms with Gasteiger partial charge in [-0.2, -0.15) is 4.99 Å². The molecule has 0 unspecified atom stereocenters. The summed E-state index contributed by atoms with van der Waals surface area (Å²) < 4.78 is 9.92.